The molecular formula is C15H21N3O. The summed E-state index contributed by atoms with van der Waals surface area (Å²) in [6.07, 6.45) is 2.14. The van der Waals surface area contributed by atoms with Gasteiger partial charge in [-0.25, -0.2) is 0 Å². The van der Waals surface area contributed by atoms with Gasteiger partial charge in [0, 0.05) is 32.7 Å². The standard InChI is InChI=1S/C15H21N3O/c19-15(14-10-16-7-8-17-14)18-9-3-6-12-4-1-2-5-13(12)11-18/h1-2,4-5,14,16-17H,3,6-11H2. The molecule has 0 spiro atoms. The lowest BCUT2D eigenvalue weighted by Gasteiger charge is -2.29. The summed E-state index contributed by atoms with van der Waals surface area (Å²) in [5.41, 5.74) is 2.70. The van der Waals surface area contributed by atoms with E-state index in [9.17, 15) is 4.79 Å². The lowest BCUT2D eigenvalue weighted by molar-refractivity contribution is -0.134. The van der Waals surface area contributed by atoms with Gasteiger partial charge in [0.15, 0.2) is 0 Å². The van der Waals surface area contributed by atoms with Crippen molar-refractivity contribution >= 4 is 5.91 Å². The molecule has 4 nitrogen and oxygen atoms in total. The van der Waals surface area contributed by atoms with Crippen LogP contribution in [-0.2, 0) is 17.8 Å². The molecule has 2 heterocycles. The summed E-state index contributed by atoms with van der Waals surface area (Å²) in [7, 11) is 0. The fourth-order valence-electron chi connectivity index (χ4n) is 2.94. The summed E-state index contributed by atoms with van der Waals surface area (Å²) < 4.78 is 0. The van der Waals surface area contributed by atoms with Gasteiger partial charge in [-0.15, -0.1) is 0 Å². The Kier molecular flexibility index (Phi) is 3.80. The first-order valence-corrected chi connectivity index (χ1v) is 7.14. The van der Waals surface area contributed by atoms with Gasteiger partial charge in [-0.2, -0.15) is 0 Å². The Bertz CT molecular complexity index is 454. The minimum atomic E-state index is -0.0565. The van der Waals surface area contributed by atoms with Gasteiger partial charge in [-0.3, -0.25) is 4.79 Å². The number of rotatable bonds is 1. The highest BCUT2D eigenvalue weighted by atomic mass is 16.2. The third kappa shape index (κ3) is 2.80. The molecule has 2 N–H and O–H groups in total. The summed E-state index contributed by atoms with van der Waals surface area (Å²) >= 11 is 0. The number of aryl methyl sites for hydroxylation is 1. The summed E-state index contributed by atoms with van der Waals surface area (Å²) in [4.78, 5) is 14.5. The second-order valence-corrected chi connectivity index (χ2v) is 5.34. The SMILES string of the molecule is O=C(C1CNCCN1)N1CCCc2ccccc2C1. The largest absolute Gasteiger partial charge is 0.337 e. The fourth-order valence-corrected chi connectivity index (χ4v) is 2.94. The summed E-state index contributed by atoms with van der Waals surface area (Å²) in [5.74, 6) is 0.240. The maximum atomic E-state index is 12.5. The van der Waals surface area contributed by atoms with Crippen molar-refractivity contribution in [1.82, 2.24) is 15.5 Å². The number of carbonyl (C=O) groups is 1. The Hall–Kier alpha value is -1.39. The number of carbonyl (C=O) groups excluding carboxylic acids is 1. The molecule has 19 heavy (non-hydrogen) atoms. The Morgan fingerprint density at radius 2 is 2.05 bits per heavy atom. The molecule has 2 aliphatic heterocycles. The molecule has 0 bridgehead atoms. The van der Waals surface area contributed by atoms with Crippen molar-refractivity contribution in [1.29, 1.82) is 0 Å². The van der Waals surface area contributed by atoms with E-state index in [4.69, 9.17) is 0 Å². The quantitative estimate of drug-likeness (QED) is 0.773. The van der Waals surface area contributed by atoms with Gasteiger partial charge in [0.25, 0.3) is 0 Å². The minimum absolute atomic E-state index is 0.0565. The molecule has 1 amide bonds. The average molecular weight is 259 g/mol. The predicted octanol–water partition coefficient (Wildman–Crippen LogP) is 0.523. The van der Waals surface area contributed by atoms with E-state index >= 15 is 0 Å². The fraction of sp³-hybridized carbons (Fsp3) is 0.533. The molecule has 1 atom stereocenters. The first-order chi connectivity index (χ1) is 9.34. The molecule has 4 heteroatoms. The van der Waals surface area contributed by atoms with Gasteiger partial charge in [0.05, 0.1) is 6.04 Å². The van der Waals surface area contributed by atoms with Crippen LogP contribution in [0.15, 0.2) is 24.3 Å². The van der Waals surface area contributed by atoms with Crippen LogP contribution in [-0.4, -0.2) is 43.0 Å². The van der Waals surface area contributed by atoms with Crippen LogP contribution in [0.25, 0.3) is 0 Å². The van der Waals surface area contributed by atoms with Crippen molar-refractivity contribution < 1.29 is 4.79 Å². The number of hydrogen-bond donors (Lipinski definition) is 2. The topological polar surface area (TPSA) is 44.4 Å². The third-order valence-electron chi connectivity index (χ3n) is 4.00. The maximum absolute atomic E-state index is 12.5. The molecule has 0 aromatic heterocycles. The number of amides is 1. The van der Waals surface area contributed by atoms with Crippen LogP contribution in [0.2, 0.25) is 0 Å². The van der Waals surface area contributed by atoms with Crippen LogP contribution in [0.3, 0.4) is 0 Å². The normalized spacial score (nSPS) is 23.6. The highest BCUT2D eigenvalue weighted by Crippen LogP contribution is 2.19. The van der Waals surface area contributed by atoms with Crippen LogP contribution in [0, 0.1) is 0 Å². The van der Waals surface area contributed by atoms with Crippen molar-refractivity contribution in [2.75, 3.05) is 26.2 Å². The molecule has 1 fully saturated rings. The third-order valence-corrected chi connectivity index (χ3v) is 4.00. The zero-order valence-electron chi connectivity index (χ0n) is 11.2. The first kappa shape index (κ1) is 12.6. The monoisotopic (exact) mass is 259 g/mol. The highest BCUT2D eigenvalue weighted by Gasteiger charge is 2.26. The molecule has 0 radical (unpaired) electrons. The van der Waals surface area contributed by atoms with Crippen molar-refractivity contribution in [2.24, 2.45) is 0 Å². The lowest BCUT2D eigenvalue weighted by atomic mass is 10.0. The Labute approximate surface area is 114 Å². The van der Waals surface area contributed by atoms with Crippen molar-refractivity contribution in [3.05, 3.63) is 35.4 Å². The molecule has 1 unspecified atom stereocenters. The second kappa shape index (κ2) is 5.72. The summed E-state index contributed by atoms with van der Waals surface area (Å²) in [6.45, 7) is 4.20. The van der Waals surface area contributed by atoms with E-state index in [1.165, 1.54) is 11.1 Å². The molecule has 102 valence electrons. The number of nitrogens with zero attached hydrogens (tertiary/aromatic N) is 1. The van der Waals surface area contributed by atoms with Crippen molar-refractivity contribution in [3.8, 4) is 0 Å². The highest BCUT2D eigenvalue weighted by molar-refractivity contribution is 5.82. The van der Waals surface area contributed by atoms with Gasteiger partial charge < -0.3 is 15.5 Å². The summed E-state index contributed by atoms with van der Waals surface area (Å²) in [5, 5.41) is 6.59. The minimum Gasteiger partial charge on any atom is -0.337 e. The molecule has 2 aliphatic rings. The zero-order valence-corrected chi connectivity index (χ0v) is 11.2. The predicted molar refractivity (Wildman–Crippen MR) is 74.8 cm³/mol. The smallest absolute Gasteiger partial charge is 0.241 e. The van der Waals surface area contributed by atoms with Crippen molar-refractivity contribution in [2.45, 2.75) is 25.4 Å². The van der Waals surface area contributed by atoms with Crippen LogP contribution in [0.5, 0.6) is 0 Å². The van der Waals surface area contributed by atoms with E-state index < -0.39 is 0 Å². The Balaban J connectivity index is 1.73. The Morgan fingerprint density at radius 1 is 1.21 bits per heavy atom. The van der Waals surface area contributed by atoms with Gasteiger partial charge in [0.1, 0.15) is 0 Å². The van der Waals surface area contributed by atoms with E-state index in [0.29, 0.717) is 0 Å². The molecule has 1 saturated heterocycles. The van der Waals surface area contributed by atoms with Crippen LogP contribution < -0.4 is 10.6 Å². The molecule has 1 aromatic rings. The molecule has 0 aliphatic carbocycles. The molecule has 1 aromatic carbocycles. The molecule has 3 rings (SSSR count). The van der Waals surface area contributed by atoms with Crippen LogP contribution in [0.4, 0.5) is 0 Å². The number of hydrogen-bond acceptors (Lipinski definition) is 3. The van der Waals surface area contributed by atoms with Gasteiger partial charge in [-0.05, 0) is 24.0 Å². The zero-order chi connectivity index (χ0) is 13.1. The van der Waals surface area contributed by atoms with Crippen LogP contribution >= 0.6 is 0 Å². The van der Waals surface area contributed by atoms with Gasteiger partial charge in [-0.1, -0.05) is 24.3 Å². The van der Waals surface area contributed by atoms with E-state index in [-0.39, 0.29) is 11.9 Å². The second-order valence-electron chi connectivity index (χ2n) is 5.34. The average Bonchev–Trinajstić information content (AvgIpc) is 2.69. The van der Waals surface area contributed by atoms with Crippen LogP contribution in [0.1, 0.15) is 17.5 Å². The van der Waals surface area contributed by atoms with E-state index in [1.54, 1.807) is 0 Å². The molecular weight excluding hydrogens is 238 g/mol. The van der Waals surface area contributed by atoms with E-state index in [0.717, 1.165) is 45.6 Å². The van der Waals surface area contributed by atoms with E-state index in [1.807, 2.05) is 4.90 Å². The van der Waals surface area contributed by atoms with Crippen molar-refractivity contribution in [3.63, 3.8) is 0 Å². The number of piperazine rings is 1. The van der Waals surface area contributed by atoms with Gasteiger partial charge in [0.2, 0.25) is 5.91 Å². The lowest BCUT2D eigenvalue weighted by Crippen LogP contribution is -2.56. The summed E-state index contributed by atoms with van der Waals surface area (Å²) in [6, 6.07) is 8.42. The maximum Gasteiger partial charge on any atom is 0.241 e. The van der Waals surface area contributed by atoms with Gasteiger partial charge >= 0.3 is 0 Å². The molecule has 0 saturated carbocycles. The number of nitrogens with one attached hydrogen (secondary N) is 2. The van der Waals surface area contributed by atoms with E-state index in [2.05, 4.69) is 34.9 Å². The number of benzene rings is 1. The first-order valence-electron chi connectivity index (χ1n) is 7.14. The Morgan fingerprint density at radius 3 is 2.84 bits per heavy atom. The number of fused-ring (bicyclic) bond motifs is 1.